The molecule has 0 rings (SSSR count). The Labute approximate surface area is 184 Å². The molecule has 130 valence electrons. The molecule has 0 saturated carbocycles. The van der Waals surface area contributed by atoms with Gasteiger partial charge in [0.2, 0.25) is 5.91 Å². The summed E-state index contributed by atoms with van der Waals surface area (Å²) in [6, 6.07) is -0.679. The molecule has 0 heterocycles. The van der Waals surface area contributed by atoms with Crippen molar-refractivity contribution in [2.45, 2.75) is 90.0 Å². The zero-order chi connectivity index (χ0) is 16.6. The van der Waals surface area contributed by atoms with Crippen molar-refractivity contribution >= 4 is 18.2 Å². The second kappa shape index (κ2) is 18.6. The van der Waals surface area contributed by atoms with E-state index in [1.807, 2.05) is 0 Å². The van der Waals surface area contributed by atoms with Gasteiger partial charge in [-0.05, 0) is 12.8 Å². The summed E-state index contributed by atoms with van der Waals surface area (Å²) in [4.78, 5) is 32.8. The second-order valence-electron chi connectivity index (χ2n) is 5.82. The molecule has 0 saturated heterocycles. The first-order valence-electron chi connectivity index (χ1n) is 8.56. The molecule has 0 spiro atoms. The number of aldehydes is 1. The van der Waals surface area contributed by atoms with Gasteiger partial charge in [-0.25, -0.2) is 0 Å². The van der Waals surface area contributed by atoms with Crippen molar-refractivity contribution in [2.75, 3.05) is 0 Å². The van der Waals surface area contributed by atoms with Crippen LogP contribution in [-0.4, -0.2) is 29.3 Å². The van der Waals surface area contributed by atoms with Crippen molar-refractivity contribution in [3.05, 3.63) is 0 Å². The fraction of sp³-hybridized carbons (Fsp3) is 0.824. The van der Waals surface area contributed by atoms with Crippen molar-refractivity contribution in [3.63, 3.8) is 0 Å². The van der Waals surface area contributed by atoms with Gasteiger partial charge < -0.3 is 16.6 Å². The van der Waals surface area contributed by atoms with Gasteiger partial charge in [0.1, 0.15) is 6.29 Å². The summed E-state index contributed by atoms with van der Waals surface area (Å²) in [5.74, 6) is -1.12. The van der Waals surface area contributed by atoms with Crippen molar-refractivity contribution in [1.29, 1.82) is 0 Å². The Morgan fingerprint density at radius 2 is 1.52 bits per heavy atom. The Morgan fingerprint density at radius 1 is 1.00 bits per heavy atom. The standard InChI is InChI=1S/C17H31NO4.K.H/c1-2-3-4-5-6-7-8-9-10-11-16(20)18-15(14-19)12-13-17(21)22;;/h14-15H,2-13H2,1H3,(H,18,20)(H,21,22);;/q;+1;-1/t15-;;/m0../s1. The predicted molar refractivity (Wildman–Crippen MR) is 87.8 cm³/mol. The molecule has 0 unspecified atom stereocenters. The van der Waals surface area contributed by atoms with E-state index in [-0.39, 0.29) is 71.6 Å². The van der Waals surface area contributed by atoms with E-state index < -0.39 is 12.0 Å². The number of hydrogen-bond donors (Lipinski definition) is 2. The van der Waals surface area contributed by atoms with E-state index in [1.165, 1.54) is 38.5 Å². The predicted octanol–water partition coefficient (Wildman–Crippen LogP) is 0.572. The first kappa shape index (κ1) is 25.5. The van der Waals surface area contributed by atoms with Crippen LogP contribution in [0.4, 0.5) is 0 Å². The number of unbranched alkanes of at least 4 members (excludes halogenated alkanes) is 8. The monoisotopic (exact) mass is 353 g/mol. The van der Waals surface area contributed by atoms with Gasteiger partial charge in [-0.2, -0.15) is 0 Å². The van der Waals surface area contributed by atoms with Gasteiger partial charge in [-0.15, -0.1) is 0 Å². The molecule has 1 atom stereocenters. The van der Waals surface area contributed by atoms with Gasteiger partial charge in [0.25, 0.3) is 0 Å². The average Bonchev–Trinajstić information content (AvgIpc) is 2.49. The maximum absolute atomic E-state index is 11.6. The Hall–Kier alpha value is 0.246. The normalized spacial score (nSPS) is 11.3. The van der Waals surface area contributed by atoms with Crippen molar-refractivity contribution in [3.8, 4) is 0 Å². The Balaban J connectivity index is -0.00000220. The summed E-state index contributed by atoms with van der Waals surface area (Å²) in [5.41, 5.74) is 0. The molecule has 0 aliphatic heterocycles. The third kappa shape index (κ3) is 18.4. The van der Waals surface area contributed by atoms with Crippen LogP contribution in [-0.2, 0) is 14.4 Å². The summed E-state index contributed by atoms with van der Waals surface area (Å²) in [6.07, 6.45) is 11.8. The summed E-state index contributed by atoms with van der Waals surface area (Å²) in [6.45, 7) is 2.21. The first-order chi connectivity index (χ1) is 10.6. The van der Waals surface area contributed by atoms with E-state index in [2.05, 4.69) is 12.2 Å². The van der Waals surface area contributed by atoms with Gasteiger partial charge >= 0.3 is 57.4 Å². The molecule has 6 heteroatoms. The zero-order valence-corrected chi connectivity index (χ0v) is 17.9. The maximum atomic E-state index is 11.6. The fourth-order valence-electron chi connectivity index (χ4n) is 2.33. The average molecular weight is 354 g/mol. The molecule has 0 aliphatic carbocycles. The van der Waals surface area contributed by atoms with Gasteiger partial charge in [-0.1, -0.05) is 58.3 Å². The zero-order valence-electron chi connectivity index (χ0n) is 15.8. The van der Waals surface area contributed by atoms with Crippen LogP contribution in [0, 0.1) is 0 Å². The minimum Gasteiger partial charge on any atom is -1.00 e. The molecule has 0 aromatic rings. The molecule has 0 aromatic heterocycles. The molecule has 0 aliphatic rings. The third-order valence-electron chi connectivity index (χ3n) is 3.69. The number of carboxylic acid groups (broad SMARTS) is 1. The van der Waals surface area contributed by atoms with Gasteiger partial charge in [0, 0.05) is 12.8 Å². The largest absolute Gasteiger partial charge is 1.00 e. The van der Waals surface area contributed by atoms with Crippen LogP contribution < -0.4 is 56.7 Å². The fourth-order valence-corrected chi connectivity index (χ4v) is 2.33. The molecule has 1 amide bonds. The molecule has 0 aromatic carbocycles. The SMILES string of the molecule is CCCCCCCCCCCC(=O)N[C@H](C=O)CCC(=O)O.[H-].[K+]. The van der Waals surface area contributed by atoms with Crippen LogP contribution in [0.25, 0.3) is 0 Å². The second-order valence-corrected chi connectivity index (χ2v) is 5.82. The smallest absolute Gasteiger partial charge is 1.00 e. The Kier molecular flexibility index (Phi) is 20.6. The number of nitrogens with one attached hydrogen (secondary N) is 1. The van der Waals surface area contributed by atoms with E-state index in [0.717, 1.165) is 19.3 Å². The summed E-state index contributed by atoms with van der Waals surface area (Å²) < 4.78 is 0. The molecule has 5 nitrogen and oxygen atoms in total. The molecule has 2 N–H and O–H groups in total. The molecule has 0 radical (unpaired) electrons. The molecular formula is C17H32KNO4. The number of carboxylic acids is 1. The number of carbonyl (C=O) groups excluding carboxylic acids is 2. The number of carbonyl (C=O) groups is 3. The topological polar surface area (TPSA) is 83.5 Å². The maximum Gasteiger partial charge on any atom is 1.00 e. The van der Waals surface area contributed by atoms with Crippen LogP contribution in [0.1, 0.15) is 85.4 Å². The van der Waals surface area contributed by atoms with Crippen molar-refractivity contribution in [2.24, 2.45) is 0 Å². The summed E-state index contributed by atoms with van der Waals surface area (Å²) in [5, 5.41) is 11.1. The minimum absolute atomic E-state index is 0. The third-order valence-corrected chi connectivity index (χ3v) is 3.69. The van der Waals surface area contributed by atoms with Crippen molar-refractivity contribution < 1.29 is 72.3 Å². The Bertz CT molecular complexity index is 330. The molecule has 0 fully saturated rings. The van der Waals surface area contributed by atoms with Gasteiger partial charge in [0.15, 0.2) is 0 Å². The Morgan fingerprint density at radius 3 is 2.00 bits per heavy atom. The van der Waals surface area contributed by atoms with Gasteiger partial charge in [-0.3, -0.25) is 9.59 Å². The van der Waals surface area contributed by atoms with Crippen LogP contribution in [0.2, 0.25) is 0 Å². The number of hydrogen-bond acceptors (Lipinski definition) is 3. The van der Waals surface area contributed by atoms with Crippen LogP contribution in [0.5, 0.6) is 0 Å². The van der Waals surface area contributed by atoms with E-state index >= 15 is 0 Å². The molecule has 23 heavy (non-hydrogen) atoms. The van der Waals surface area contributed by atoms with Crippen molar-refractivity contribution in [1.82, 2.24) is 5.32 Å². The molecular weight excluding hydrogens is 321 g/mol. The van der Waals surface area contributed by atoms with Crippen LogP contribution in [0.15, 0.2) is 0 Å². The number of amides is 1. The first-order valence-corrected chi connectivity index (χ1v) is 8.56. The van der Waals surface area contributed by atoms with Crippen LogP contribution >= 0.6 is 0 Å². The number of rotatable bonds is 15. The van der Waals surface area contributed by atoms with E-state index in [9.17, 15) is 14.4 Å². The van der Waals surface area contributed by atoms with E-state index in [4.69, 9.17) is 5.11 Å². The van der Waals surface area contributed by atoms with Crippen LogP contribution in [0.3, 0.4) is 0 Å². The van der Waals surface area contributed by atoms with E-state index in [1.54, 1.807) is 0 Å². The van der Waals surface area contributed by atoms with E-state index in [0.29, 0.717) is 12.7 Å². The van der Waals surface area contributed by atoms with Gasteiger partial charge in [0.05, 0.1) is 6.04 Å². The number of aliphatic carboxylic acids is 1. The summed E-state index contributed by atoms with van der Waals surface area (Å²) >= 11 is 0. The minimum atomic E-state index is -0.958. The quantitative estimate of drug-likeness (QED) is 0.256. The summed E-state index contributed by atoms with van der Waals surface area (Å²) in [7, 11) is 0. The molecule has 0 bridgehead atoms.